The summed E-state index contributed by atoms with van der Waals surface area (Å²) in [5, 5.41) is 9.14. The molecule has 2 rings (SSSR count). The summed E-state index contributed by atoms with van der Waals surface area (Å²) in [5.41, 5.74) is 8.44. The van der Waals surface area contributed by atoms with Crippen LogP contribution < -0.4 is 5.73 Å². The van der Waals surface area contributed by atoms with Crippen LogP contribution in [-0.4, -0.2) is 21.3 Å². The van der Waals surface area contributed by atoms with Gasteiger partial charge in [-0.2, -0.15) is 0 Å². The van der Waals surface area contributed by atoms with E-state index < -0.39 is 0 Å². The molecule has 1 aromatic carbocycles. The summed E-state index contributed by atoms with van der Waals surface area (Å²) in [4.78, 5) is 4.60. The molecule has 0 fully saturated rings. The summed E-state index contributed by atoms with van der Waals surface area (Å²) in [7, 11) is 0. The summed E-state index contributed by atoms with van der Waals surface area (Å²) < 4.78 is 2.08. The molecule has 1 aromatic heterocycles. The molecule has 0 spiro atoms. The van der Waals surface area contributed by atoms with Crippen LogP contribution in [0.1, 0.15) is 19.7 Å². The van der Waals surface area contributed by atoms with Crippen LogP contribution in [0.25, 0.3) is 11.0 Å². The van der Waals surface area contributed by atoms with E-state index in [1.807, 2.05) is 18.2 Å². The first-order chi connectivity index (χ1) is 8.11. The summed E-state index contributed by atoms with van der Waals surface area (Å²) in [5.74, 6) is 1.57. The Morgan fingerprint density at radius 3 is 2.58 bits per heavy atom. The molecule has 6 heteroatoms. The van der Waals surface area contributed by atoms with E-state index in [0.29, 0.717) is 12.5 Å². The number of nitrogens with two attached hydrogens (primary N) is 1. The fraction of sp³-hybridized carbons (Fsp3) is 0.462. The molecular formula is C13H21Cl2N3O. The van der Waals surface area contributed by atoms with Gasteiger partial charge in [0.2, 0.25) is 0 Å². The van der Waals surface area contributed by atoms with Gasteiger partial charge in [-0.05, 0) is 24.1 Å². The highest BCUT2D eigenvalue weighted by Gasteiger charge is 2.11. The monoisotopic (exact) mass is 305 g/mol. The molecule has 0 aliphatic carbocycles. The lowest BCUT2D eigenvalue weighted by Crippen LogP contribution is -2.09. The van der Waals surface area contributed by atoms with Crippen LogP contribution in [0.5, 0.6) is 0 Å². The first-order valence-corrected chi connectivity index (χ1v) is 5.97. The number of nitrogen functional groups attached to an aromatic ring is 1. The molecule has 19 heavy (non-hydrogen) atoms. The zero-order valence-electron chi connectivity index (χ0n) is 11.2. The van der Waals surface area contributed by atoms with Crippen LogP contribution in [0.15, 0.2) is 18.2 Å². The SMILES string of the molecule is CC(C)Cc1nc2cc(N)ccc2n1CCO.Cl.Cl. The average Bonchev–Trinajstić information content (AvgIpc) is 2.55. The predicted molar refractivity (Wildman–Crippen MR) is 84.3 cm³/mol. The zero-order valence-corrected chi connectivity index (χ0v) is 12.8. The fourth-order valence-corrected chi connectivity index (χ4v) is 2.07. The van der Waals surface area contributed by atoms with Gasteiger partial charge in [0, 0.05) is 18.7 Å². The van der Waals surface area contributed by atoms with E-state index in [1.54, 1.807) is 0 Å². The Hall–Kier alpha value is -0.970. The summed E-state index contributed by atoms with van der Waals surface area (Å²) in [6, 6.07) is 5.72. The molecule has 0 aliphatic rings. The molecule has 3 N–H and O–H groups in total. The van der Waals surface area contributed by atoms with Crippen molar-refractivity contribution >= 4 is 41.5 Å². The minimum atomic E-state index is 0. The van der Waals surface area contributed by atoms with Crippen molar-refractivity contribution in [3.05, 3.63) is 24.0 Å². The van der Waals surface area contributed by atoms with Gasteiger partial charge < -0.3 is 15.4 Å². The van der Waals surface area contributed by atoms with Gasteiger partial charge >= 0.3 is 0 Å². The van der Waals surface area contributed by atoms with E-state index >= 15 is 0 Å². The molecule has 2 aromatic rings. The van der Waals surface area contributed by atoms with Crippen molar-refractivity contribution in [2.45, 2.75) is 26.8 Å². The van der Waals surface area contributed by atoms with Crippen molar-refractivity contribution in [3.8, 4) is 0 Å². The van der Waals surface area contributed by atoms with Gasteiger partial charge in [-0.3, -0.25) is 0 Å². The highest BCUT2D eigenvalue weighted by Crippen LogP contribution is 2.20. The van der Waals surface area contributed by atoms with Crippen molar-refractivity contribution in [2.24, 2.45) is 5.92 Å². The maximum atomic E-state index is 9.14. The Balaban J connectivity index is 0.00000162. The predicted octanol–water partition coefficient (Wildman–Crippen LogP) is 2.65. The van der Waals surface area contributed by atoms with Crippen molar-refractivity contribution in [3.63, 3.8) is 0 Å². The van der Waals surface area contributed by atoms with Crippen molar-refractivity contribution in [2.75, 3.05) is 12.3 Å². The molecule has 108 valence electrons. The third-order valence-corrected chi connectivity index (χ3v) is 2.77. The number of aromatic nitrogens is 2. The molecule has 0 amide bonds. The number of halogens is 2. The number of anilines is 1. The molecular weight excluding hydrogens is 285 g/mol. The molecule has 0 aliphatic heterocycles. The first kappa shape index (κ1) is 18.0. The highest BCUT2D eigenvalue weighted by molar-refractivity contribution is 5.85. The minimum Gasteiger partial charge on any atom is -0.399 e. The van der Waals surface area contributed by atoms with Gasteiger partial charge in [0.05, 0.1) is 17.6 Å². The van der Waals surface area contributed by atoms with Gasteiger partial charge in [0.1, 0.15) is 5.82 Å². The maximum Gasteiger partial charge on any atom is 0.110 e. The lowest BCUT2D eigenvalue weighted by Gasteiger charge is -2.08. The van der Waals surface area contributed by atoms with Gasteiger partial charge in [0.15, 0.2) is 0 Å². The number of hydrogen-bond acceptors (Lipinski definition) is 3. The van der Waals surface area contributed by atoms with E-state index in [9.17, 15) is 0 Å². The van der Waals surface area contributed by atoms with Gasteiger partial charge in [-0.25, -0.2) is 4.98 Å². The van der Waals surface area contributed by atoms with Crippen LogP contribution >= 0.6 is 24.8 Å². The number of aliphatic hydroxyl groups is 1. The third kappa shape index (κ3) is 4.00. The van der Waals surface area contributed by atoms with Crippen LogP contribution in [0.3, 0.4) is 0 Å². The molecule has 0 atom stereocenters. The third-order valence-electron chi connectivity index (χ3n) is 2.77. The average molecular weight is 306 g/mol. The Kier molecular flexibility index (Phi) is 7.19. The first-order valence-electron chi connectivity index (χ1n) is 5.97. The second-order valence-corrected chi connectivity index (χ2v) is 4.75. The lowest BCUT2D eigenvalue weighted by atomic mass is 10.1. The molecule has 4 nitrogen and oxygen atoms in total. The molecule has 0 saturated heterocycles. The van der Waals surface area contributed by atoms with Crippen molar-refractivity contribution in [1.82, 2.24) is 9.55 Å². The van der Waals surface area contributed by atoms with E-state index in [-0.39, 0.29) is 31.4 Å². The van der Waals surface area contributed by atoms with Crippen LogP contribution in [-0.2, 0) is 13.0 Å². The van der Waals surface area contributed by atoms with E-state index in [4.69, 9.17) is 10.8 Å². The highest BCUT2D eigenvalue weighted by atomic mass is 35.5. The Morgan fingerprint density at radius 2 is 2.00 bits per heavy atom. The fourth-order valence-electron chi connectivity index (χ4n) is 2.07. The normalized spacial score (nSPS) is 10.3. The van der Waals surface area contributed by atoms with Gasteiger partial charge in [-0.1, -0.05) is 13.8 Å². The van der Waals surface area contributed by atoms with E-state index in [2.05, 4.69) is 23.4 Å². The molecule has 0 radical (unpaired) electrons. The quantitative estimate of drug-likeness (QED) is 0.854. The number of rotatable bonds is 4. The maximum absolute atomic E-state index is 9.14. The molecule has 0 bridgehead atoms. The van der Waals surface area contributed by atoms with E-state index in [1.165, 1.54) is 0 Å². The summed E-state index contributed by atoms with van der Waals surface area (Å²) in [6.45, 7) is 5.04. The minimum absolute atomic E-state index is 0. The van der Waals surface area contributed by atoms with Crippen molar-refractivity contribution < 1.29 is 5.11 Å². The van der Waals surface area contributed by atoms with Crippen LogP contribution in [0, 0.1) is 5.92 Å². The summed E-state index contributed by atoms with van der Waals surface area (Å²) in [6.07, 6.45) is 0.911. The molecule has 0 unspecified atom stereocenters. The number of hydrogen-bond donors (Lipinski definition) is 2. The Bertz CT molecular complexity index is 526. The number of benzene rings is 1. The summed E-state index contributed by atoms with van der Waals surface area (Å²) >= 11 is 0. The lowest BCUT2D eigenvalue weighted by molar-refractivity contribution is 0.275. The Morgan fingerprint density at radius 1 is 1.32 bits per heavy atom. The second-order valence-electron chi connectivity index (χ2n) is 4.75. The second kappa shape index (κ2) is 7.58. The standard InChI is InChI=1S/C13H19N3O.2ClH/c1-9(2)7-13-15-11-8-10(14)3-4-12(11)16(13)5-6-17;;/h3-4,8-9,17H,5-7,14H2,1-2H3;2*1H. The molecule has 1 heterocycles. The molecule has 0 saturated carbocycles. The number of imidazole rings is 1. The zero-order chi connectivity index (χ0) is 12.4. The van der Waals surface area contributed by atoms with Gasteiger partial charge in [-0.15, -0.1) is 24.8 Å². The number of fused-ring (bicyclic) bond motifs is 1. The largest absolute Gasteiger partial charge is 0.399 e. The topological polar surface area (TPSA) is 64.1 Å². The number of nitrogens with zero attached hydrogens (tertiary/aromatic N) is 2. The van der Waals surface area contributed by atoms with Crippen LogP contribution in [0.2, 0.25) is 0 Å². The van der Waals surface area contributed by atoms with Crippen molar-refractivity contribution in [1.29, 1.82) is 0 Å². The Labute approximate surface area is 125 Å². The smallest absolute Gasteiger partial charge is 0.110 e. The van der Waals surface area contributed by atoms with E-state index in [0.717, 1.165) is 29.0 Å². The van der Waals surface area contributed by atoms with Gasteiger partial charge in [0.25, 0.3) is 0 Å². The number of aliphatic hydroxyl groups excluding tert-OH is 1. The van der Waals surface area contributed by atoms with Crippen LogP contribution in [0.4, 0.5) is 5.69 Å².